The fraction of sp³-hybridized carbons (Fsp3) is 0.235. The van der Waals surface area contributed by atoms with Crippen LogP contribution in [0.3, 0.4) is 0 Å². The summed E-state index contributed by atoms with van der Waals surface area (Å²) in [6.07, 6.45) is -2.65. The van der Waals surface area contributed by atoms with E-state index in [-0.39, 0.29) is 23.7 Å². The topological polar surface area (TPSA) is 69.9 Å². The molecule has 2 aromatic heterocycles. The van der Waals surface area contributed by atoms with E-state index in [2.05, 4.69) is 9.97 Å². The lowest BCUT2D eigenvalue weighted by Crippen LogP contribution is -3.00. The number of aryl methyl sites for hydroxylation is 1. The van der Waals surface area contributed by atoms with Crippen LogP contribution < -0.4 is 17.0 Å². The molecular weight excluding hydrogens is 435 g/mol. The van der Waals surface area contributed by atoms with E-state index in [9.17, 15) is 18.0 Å². The minimum absolute atomic E-state index is 0. The highest BCUT2D eigenvalue weighted by Crippen LogP contribution is 2.31. The first-order valence-corrected chi connectivity index (χ1v) is 10.3. The zero-order valence-electron chi connectivity index (χ0n) is 14.5. The molecule has 2 heterocycles. The van der Waals surface area contributed by atoms with Gasteiger partial charge in [-0.2, -0.15) is 13.2 Å². The third-order valence-electron chi connectivity index (χ3n) is 3.81. The number of H-pyrrole nitrogens is 1. The van der Waals surface area contributed by atoms with Gasteiger partial charge in [-0.05, 0) is 36.8 Å². The number of hydrogen-bond donors (Lipinski definition) is 2. The number of pyridine rings is 1. The van der Waals surface area contributed by atoms with Crippen LogP contribution in [0.4, 0.5) is 13.2 Å². The fourth-order valence-electron chi connectivity index (χ4n) is 2.50. The van der Waals surface area contributed by atoms with E-state index >= 15 is 0 Å². The Morgan fingerprint density at radius 2 is 2.04 bits per heavy atom. The second kappa shape index (κ2) is 9.06. The van der Waals surface area contributed by atoms with Crippen LogP contribution in [0.25, 0.3) is 17.0 Å². The van der Waals surface area contributed by atoms with Gasteiger partial charge < -0.3 is 17.5 Å². The van der Waals surface area contributed by atoms with Gasteiger partial charge in [-0.15, -0.1) is 0 Å². The van der Waals surface area contributed by atoms with Gasteiger partial charge in [-0.1, -0.05) is 32.6 Å². The van der Waals surface area contributed by atoms with Gasteiger partial charge in [0.25, 0.3) is 0 Å². The van der Waals surface area contributed by atoms with Crippen molar-refractivity contribution in [2.24, 2.45) is 0 Å². The molecule has 3 aromatic rings. The molecule has 28 heavy (non-hydrogen) atoms. The maximum absolute atomic E-state index is 12.9. The number of aromatic nitrogens is 3. The molecule has 0 radical (unpaired) electrons. The van der Waals surface area contributed by atoms with Crippen molar-refractivity contribution < 1.29 is 40.0 Å². The van der Waals surface area contributed by atoms with Gasteiger partial charge >= 0.3 is 18.1 Å². The smallest absolute Gasteiger partial charge is 0.416 e. The molecule has 0 unspecified atom stereocenters. The average molecular weight is 450 g/mol. The minimum Gasteiger partial charge on any atom is -1.00 e. The van der Waals surface area contributed by atoms with Crippen LogP contribution >= 0.6 is 21.6 Å². The number of fused-ring (bicyclic) bond motifs is 1. The minimum atomic E-state index is -4.42. The van der Waals surface area contributed by atoms with Gasteiger partial charge in [-0.3, -0.25) is 4.79 Å². The van der Waals surface area contributed by atoms with Crippen LogP contribution in [0.5, 0.6) is 0 Å². The van der Waals surface area contributed by atoms with Gasteiger partial charge in [0.1, 0.15) is 11.3 Å². The maximum atomic E-state index is 12.9. The van der Waals surface area contributed by atoms with Crippen LogP contribution in [-0.4, -0.2) is 26.8 Å². The van der Waals surface area contributed by atoms with Crippen LogP contribution in [0, 0.1) is 6.92 Å². The van der Waals surface area contributed by atoms with E-state index in [1.807, 2.05) is 19.1 Å². The lowest BCUT2D eigenvalue weighted by Gasteiger charge is -2.07. The number of hydrogen-bond acceptors (Lipinski definition) is 4. The zero-order chi connectivity index (χ0) is 19.6. The highest BCUT2D eigenvalue weighted by Gasteiger charge is 2.31. The number of carboxylic acid groups (broad SMARTS) is 1. The number of benzene rings is 1. The first kappa shape index (κ1) is 22.4. The predicted octanol–water partition coefficient (Wildman–Crippen LogP) is 1.14. The summed E-state index contributed by atoms with van der Waals surface area (Å²) in [6.45, 7) is 1.92. The molecule has 0 fully saturated rings. The molecule has 150 valence electrons. The Kier molecular flexibility index (Phi) is 7.24. The summed E-state index contributed by atoms with van der Waals surface area (Å²) in [5, 5.41) is 8.72. The van der Waals surface area contributed by atoms with Gasteiger partial charge in [0, 0.05) is 0 Å². The first-order valence-electron chi connectivity index (χ1n) is 7.79. The number of halogens is 4. The molecule has 0 bridgehead atoms. The van der Waals surface area contributed by atoms with Crippen molar-refractivity contribution in [1.29, 1.82) is 0 Å². The average Bonchev–Trinajstić information content (AvgIpc) is 3.01. The predicted molar refractivity (Wildman–Crippen MR) is 98.8 cm³/mol. The second-order valence-electron chi connectivity index (χ2n) is 5.72. The summed E-state index contributed by atoms with van der Waals surface area (Å²) in [5.41, 5.74) is 1.84. The number of nitrogens with one attached hydrogen (secondary N) is 1. The van der Waals surface area contributed by atoms with E-state index in [0.717, 1.165) is 23.4 Å². The van der Waals surface area contributed by atoms with Crippen molar-refractivity contribution in [3.05, 3.63) is 53.3 Å². The third kappa shape index (κ3) is 5.12. The van der Waals surface area contributed by atoms with Gasteiger partial charge in [0.05, 0.1) is 23.2 Å². The molecule has 0 saturated carbocycles. The standard InChI is InChI=1S/C17H14F3N3O2S2.ClH/c1-10-3-2-6-23(14(10)8-26-27-9-15(24)25)16-21-12-5-4-11(17(18,19)20)7-13(12)22-16;/h2-7H,8-9H2,1H3,(H-,21,22,24,25);1H. The Bertz CT molecular complexity index is 995. The molecule has 2 N–H and O–H groups in total. The zero-order valence-corrected chi connectivity index (χ0v) is 16.8. The Hall–Kier alpha value is -1.91. The highest BCUT2D eigenvalue weighted by molar-refractivity contribution is 8.76. The molecule has 1 aromatic carbocycles. The van der Waals surface area contributed by atoms with E-state index in [1.165, 1.54) is 27.7 Å². The molecule has 3 rings (SSSR count). The summed E-state index contributed by atoms with van der Waals surface area (Å²) in [7, 11) is 2.62. The van der Waals surface area contributed by atoms with Crippen LogP contribution in [0.15, 0.2) is 36.5 Å². The fourth-order valence-corrected chi connectivity index (χ4v) is 4.39. The van der Waals surface area contributed by atoms with Crippen molar-refractivity contribution in [3.63, 3.8) is 0 Å². The number of nitrogens with zero attached hydrogens (tertiary/aromatic N) is 2. The summed E-state index contributed by atoms with van der Waals surface area (Å²) in [6, 6.07) is 7.14. The lowest BCUT2D eigenvalue weighted by atomic mass is 10.2. The maximum Gasteiger partial charge on any atom is 0.416 e. The van der Waals surface area contributed by atoms with Crippen molar-refractivity contribution in [2.75, 3.05) is 5.75 Å². The normalized spacial score (nSPS) is 11.4. The summed E-state index contributed by atoms with van der Waals surface area (Å²) < 4.78 is 40.5. The Balaban J connectivity index is 0.00000280. The third-order valence-corrected chi connectivity index (χ3v) is 5.94. The Labute approximate surface area is 172 Å². The quantitative estimate of drug-likeness (QED) is 0.335. The summed E-state index contributed by atoms with van der Waals surface area (Å²) in [5.74, 6) is 0.0337. The Morgan fingerprint density at radius 1 is 1.29 bits per heavy atom. The number of carbonyl (C=O) groups is 1. The first-order chi connectivity index (χ1) is 12.8. The number of aromatic amines is 1. The van der Waals surface area contributed by atoms with Crippen molar-refractivity contribution in [3.8, 4) is 5.95 Å². The number of rotatable bonds is 6. The van der Waals surface area contributed by atoms with E-state index in [0.29, 0.717) is 17.2 Å². The molecule has 0 atom stereocenters. The van der Waals surface area contributed by atoms with Crippen molar-refractivity contribution in [2.45, 2.75) is 18.9 Å². The van der Waals surface area contributed by atoms with E-state index < -0.39 is 17.7 Å². The van der Waals surface area contributed by atoms with Gasteiger partial charge in [0.15, 0.2) is 5.52 Å². The van der Waals surface area contributed by atoms with Crippen molar-refractivity contribution >= 4 is 38.6 Å². The van der Waals surface area contributed by atoms with Crippen molar-refractivity contribution in [1.82, 2.24) is 9.97 Å². The summed E-state index contributed by atoms with van der Waals surface area (Å²) >= 11 is 0. The molecule has 0 spiro atoms. The largest absolute Gasteiger partial charge is 1.00 e. The summed E-state index contributed by atoms with van der Waals surface area (Å²) in [4.78, 5) is 18.0. The lowest BCUT2D eigenvalue weighted by molar-refractivity contribution is -0.610. The van der Waals surface area contributed by atoms with Gasteiger partial charge in [0.2, 0.25) is 0 Å². The molecule has 0 aliphatic heterocycles. The SMILES string of the molecule is Cc1ccc[n+](-c2nc3cc(C(F)(F)F)ccc3[nH]2)c1CSSCC(=O)O.[Cl-]. The highest BCUT2D eigenvalue weighted by atomic mass is 35.5. The van der Waals surface area contributed by atoms with Gasteiger partial charge in [-0.25, -0.2) is 9.55 Å². The number of alkyl halides is 3. The number of aliphatic carboxylic acids is 1. The molecule has 0 saturated heterocycles. The monoisotopic (exact) mass is 449 g/mol. The van der Waals surface area contributed by atoms with E-state index in [1.54, 1.807) is 10.8 Å². The molecule has 0 aliphatic rings. The molecule has 11 heteroatoms. The molecular formula is C17H15ClF3N3O2S2. The second-order valence-corrected chi connectivity index (χ2v) is 8.18. The number of imidazole rings is 1. The Morgan fingerprint density at radius 3 is 2.71 bits per heavy atom. The van der Waals surface area contributed by atoms with Crippen LogP contribution in [0.1, 0.15) is 16.8 Å². The number of carboxylic acids is 1. The van der Waals surface area contributed by atoms with Crippen LogP contribution in [-0.2, 0) is 16.7 Å². The molecule has 0 aliphatic carbocycles. The molecule has 0 amide bonds. The van der Waals surface area contributed by atoms with Crippen LogP contribution in [0.2, 0.25) is 0 Å². The molecule has 5 nitrogen and oxygen atoms in total. The van der Waals surface area contributed by atoms with E-state index in [4.69, 9.17) is 5.11 Å².